The van der Waals surface area contributed by atoms with E-state index in [2.05, 4.69) is 35.3 Å². The van der Waals surface area contributed by atoms with E-state index in [1.807, 2.05) is 6.07 Å². The smallest absolute Gasteiger partial charge is 0.149 e. The summed E-state index contributed by atoms with van der Waals surface area (Å²) in [6.07, 6.45) is 3.27. The van der Waals surface area contributed by atoms with Crippen LogP contribution in [0.4, 0.5) is 0 Å². The molecule has 1 heterocycles. The molecule has 0 atom stereocenters. The molecule has 2 nitrogen and oxygen atoms in total. The molecule has 1 aliphatic rings. The fourth-order valence-electron chi connectivity index (χ4n) is 2.42. The zero-order valence-corrected chi connectivity index (χ0v) is 10.5. The van der Waals surface area contributed by atoms with Gasteiger partial charge in [0.15, 0.2) is 5.15 Å². The van der Waals surface area contributed by atoms with Gasteiger partial charge in [-0.3, -0.25) is 0 Å². The predicted octanol–water partition coefficient (Wildman–Crippen LogP) is 3.59. The summed E-state index contributed by atoms with van der Waals surface area (Å²) in [4.78, 5) is 0. The highest BCUT2D eigenvalue weighted by atomic mass is 35.5. The Morgan fingerprint density at radius 2 is 1.88 bits per heavy atom. The molecule has 0 amide bonds. The van der Waals surface area contributed by atoms with Gasteiger partial charge in [-0.2, -0.15) is 0 Å². The first-order chi connectivity index (χ1) is 8.24. The fourth-order valence-corrected chi connectivity index (χ4v) is 2.59. The van der Waals surface area contributed by atoms with E-state index in [-0.39, 0.29) is 0 Å². The van der Waals surface area contributed by atoms with Crippen molar-refractivity contribution in [1.82, 2.24) is 10.2 Å². The molecule has 0 unspecified atom stereocenters. The Bertz CT molecular complexity index is 578. The Hall–Kier alpha value is -1.41. The van der Waals surface area contributed by atoms with Crippen LogP contribution in [-0.4, -0.2) is 10.2 Å². The Labute approximate surface area is 106 Å². The molecule has 86 valence electrons. The number of benzene rings is 1. The molecule has 0 radical (unpaired) electrons. The third kappa shape index (κ3) is 1.93. The molecule has 0 saturated carbocycles. The van der Waals surface area contributed by atoms with Crippen molar-refractivity contribution in [2.45, 2.75) is 26.2 Å². The van der Waals surface area contributed by atoms with Gasteiger partial charge in [0.2, 0.25) is 0 Å². The van der Waals surface area contributed by atoms with Gasteiger partial charge in [-0.05, 0) is 49.4 Å². The van der Waals surface area contributed by atoms with Crippen molar-refractivity contribution in [3.05, 3.63) is 46.1 Å². The van der Waals surface area contributed by atoms with E-state index in [9.17, 15) is 0 Å². The van der Waals surface area contributed by atoms with E-state index in [0.29, 0.717) is 5.15 Å². The average molecular weight is 245 g/mol. The molecule has 17 heavy (non-hydrogen) atoms. The Morgan fingerprint density at radius 1 is 1.06 bits per heavy atom. The van der Waals surface area contributed by atoms with E-state index < -0.39 is 0 Å². The number of halogens is 1. The molecule has 3 rings (SSSR count). The van der Waals surface area contributed by atoms with Crippen molar-refractivity contribution >= 4 is 11.6 Å². The fraction of sp³-hybridized carbons (Fsp3) is 0.286. The highest BCUT2D eigenvalue weighted by Gasteiger charge is 2.16. The lowest BCUT2D eigenvalue weighted by Crippen LogP contribution is -1.95. The lowest BCUT2D eigenvalue weighted by Gasteiger charge is -2.08. The molecule has 1 aliphatic carbocycles. The quantitative estimate of drug-likeness (QED) is 0.708. The van der Waals surface area contributed by atoms with Gasteiger partial charge >= 0.3 is 0 Å². The standard InChI is InChI=1S/C14H13ClN2/c1-9-5-6-10-3-2-4-11-8-13(15)16-17-14(11)12(10)7-9/h5-8H,2-4H2,1H3. The van der Waals surface area contributed by atoms with Gasteiger partial charge in [0.05, 0.1) is 5.69 Å². The van der Waals surface area contributed by atoms with Gasteiger partial charge in [0.25, 0.3) is 0 Å². The summed E-state index contributed by atoms with van der Waals surface area (Å²) in [7, 11) is 0. The highest BCUT2D eigenvalue weighted by Crippen LogP contribution is 2.31. The molecular weight excluding hydrogens is 232 g/mol. The number of fused-ring (bicyclic) bond motifs is 3. The van der Waals surface area contributed by atoms with Gasteiger partial charge in [0, 0.05) is 5.56 Å². The van der Waals surface area contributed by atoms with Crippen LogP contribution >= 0.6 is 11.6 Å². The third-order valence-electron chi connectivity index (χ3n) is 3.26. The van der Waals surface area contributed by atoms with Crippen molar-refractivity contribution < 1.29 is 0 Å². The van der Waals surface area contributed by atoms with E-state index in [4.69, 9.17) is 11.6 Å². The van der Waals surface area contributed by atoms with Gasteiger partial charge in [-0.25, -0.2) is 0 Å². The Kier molecular flexibility index (Phi) is 2.60. The minimum Gasteiger partial charge on any atom is -0.149 e. The van der Waals surface area contributed by atoms with E-state index in [1.54, 1.807) is 0 Å². The second-order valence-electron chi connectivity index (χ2n) is 4.56. The SMILES string of the molecule is Cc1ccc2c(c1)-c1nnc(Cl)cc1CCC2. The van der Waals surface area contributed by atoms with Gasteiger partial charge in [0.1, 0.15) is 0 Å². The monoisotopic (exact) mass is 244 g/mol. The van der Waals surface area contributed by atoms with Crippen molar-refractivity contribution in [2.75, 3.05) is 0 Å². The number of nitrogens with zero attached hydrogens (tertiary/aromatic N) is 2. The van der Waals surface area contributed by atoms with Gasteiger partial charge in [-0.15, -0.1) is 10.2 Å². The minimum absolute atomic E-state index is 0.486. The molecule has 0 N–H and O–H groups in total. The summed E-state index contributed by atoms with van der Waals surface area (Å²) in [5.41, 5.74) is 6.07. The van der Waals surface area contributed by atoms with Crippen LogP contribution < -0.4 is 0 Å². The summed E-state index contributed by atoms with van der Waals surface area (Å²) in [5.74, 6) is 0. The summed E-state index contributed by atoms with van der Waals surface area (Å²) in [5, 5.41) is 8.74. The molecule has 0 aliphatic heterocycles. The highest BCUT2D eigenvalue weighted by molar-refractivity contribution is 6.29. The summed E-state index contributed by atoms with van der Waals surface area (Å²) in [6.45, 7) is 2.11. The minimum atomic E-state index is 0.486. The molecule has 0 bridgehead atoms. The molecule has 0 fully saturated rings. The van der Waals surface area contributed by atoms with E-state index in [0.717, 1.165) is 25.0 Å². The number of rotatable bonds is 0. The first-order valence-corrected chi connectivity index (χ1v) is 6.24. The molecular formula is C14H13ClN2. The van der Waals surface area contributed by atoms with Crippen molar-refractivity contribution in [3.8, 4) is 11.3 Å². The van der Waals surface area contributed by atoms with Gasteiger partial charge in [-0.1, -0.05) is 29.3 Å². The summed E-state index contributed by atoms with van der Waals surface area (Å²) >= 11 is 5.91. The van der Waals surface area contributed by atoms with Crippen LogP contribution in [0.5, 0.6) is 0 Å². The maximum atomic E-state index is 5.91. The third-order valence-corrected chi connectivity index (χ3v) is 3.44. The van der Waals surface area contributed by atoms with Crippen LogP contribution in [0.3, 0.4) is 0 Å². The maximum absolute atomic E-state index is 5.91. The Morgan fingerprint density at radius 3 is 2.76 bits per heavy atom. The van der Waals surface area contributed by atoms with Crippen LogP contribution in [0.25, 0.3) is 11.3 Å². The number of aromatic nitrogens is 2. The second-order valence-corrected chi connectivity index (χ2v) is 4.94. The Balaban J connectivity index is 2.26. The van der Waals surface area contributed by atoms with E-state index in [1.165, 1.54) is 22.3 Å². The molecule has 1 aromatic carbocycles. The van der Waals surface area contributed by atoms with Crippen LogP contribution in [0.2, 0.25) is 5.15 Å². The molecule has 2 aromatic rings. The van der Waals surface area contributed by atoms with Crippen LogP contribution in [0.1, 0.15) is 23.1 Å². The second kappa shape index (κ2) is 4.11. The van der Waals surface area contributed by atoms with Crippen molar-refractivity contribution in [2.24, 2.45) is 0 Å². The normalized spacial score (nSPS) is 13.8. The first-order valence-electron chi connectivity index (χ1n) is 5.86. The van der Waals surface area contributed by atoms with Crippen LogP contribution in [0, 0.1) is 6.92 Å². The predicted molar refractivity (Wildman–Crippen MR) is 69.2 cm³/mol. The van der Waals surface area contributed by atoms with E-state index >= 15 is 0 Å². The summed E-state index contributed by atoms with van der Waals surface area (Å²) in [6, 6.07) is 8.51. The molecule has 3 heteroatoms. The summed E-state index contributed by atoms with van der Waals surface area (Å²) < 4.78 is 0. The maximum Gasteiger partial charge on any atom is 0.152 e. The van der Waals surface area contributed by atoms with Crippen molar-refractivity contribution in [1.29, 1.82) is 0 Å². The number of aryl methyl sites for hydroxylation is 3. The molecule has 0 spiro atoms. The largest absolute Gasteiger partial charge is 0.152 e. The topological polar surface area (TPSA) is 25.8 Å². The molecule has 0 saturated heterocycles. The average Bonchev–Trinajstić information content (AvgIpc) is 2.47. The van der Waals surface area contributed by atoms with Crippen molar-refractivity contribution in [3.63, 3.8) is 0 Å². The lowest BCUT2D eigenvalue weighted by molar-refractivity contribution is 0.829. The zero-order valence-electron chi connectivity index (χ0n) is 9.70. The number of hydrogen-bond donors (Lipinski definition) is 0. The zero-order chi connectivity index (χ0) is 11.8. The lowest BCUT2D eigenvalue weighted by atomic mass is 10.00. The molecule has 1 aromatic heterocycles. The first kappa shape index (κ1) is 10.7. The van der Waals surface area contributed by atoms with Gasteiger partial charge < -0.3 is 0 Å². The van der Waals surface area contributed by atoms with Crippen LogP contribution in [0.15, 0.2) is 24.3 Å². The number of hydrogen-bond acceptors (Lipinski definition) is 2. The van der Waals surface area contributed by atoms with Crippen LogP contribution in [-0.2, 0) is 12.8 Å².